The highest BCUT2D eigenvalue weighted by Crippen LogP contribution is 2.10. The van der Waals surface area contributed by atoms with Crippen LogP contribution in [0.15, 0.2) is 54.9 Å². The molecule has 24 heavy (non-hydrogen) atoms. The lowest BCUT2D eigenvalue weighted by Crippen LogP contribution is -2.42. The zero-order chi connectivity index (χ0) is 17.1. The van der Waals surface area contributed by atoms with Crippen LogP contribution in [0.5, 0.6) is 0 Å². The number of hydrogen-bond acceptors (Lipinski definition) is 3. The molecule has 0 fully saturated rings. The summed E-state index contributed by atoms with van der Waals surface area (Å²) in [5.41, 5.74) is 3.28. The van der Waals surface area contributed by atoms with Gasteiger partial charge in [0.15, 0.2) is 0 Å². The third-order valence-electron chi connectivity index (χ3n) is 4.11. The fourth-order valence-corrected chi connectivity index (χ4v) is 2.66. The lowest BCUT2D eigenvalue weighted by atomic mass is 10.0. The number of aliphatic hydroxyl groups excluding tert-OH is 1. The van der Waals surface area contributed by atoms with Gasteiger partial charge in [-0.15, -0.1) is 0 Å². The van der Waals surface area contributed by atoms with E-state index in [1.807, 2.05) is 55.6 Å². The maximum absolute atomic E-state index is 12.5. The molecule has 1 amide bonds. The molecule has 2 heterocycles. The van der Waals surface area contributed by atoms with Gasteiger partial charge in [-0.3, -0.25) is 9.20 Å². The zero-order valence-corrected chi connectivity index (χ0v) is 13.8. The average Bonchev–Trinajstić information content (AvgIpc) is 2.98. The molecule has 2 aromatic heterocycles. The standard InChI is InChI=1S/C19H21N3O2/c1-13-8-9-18-20-11-16(22(18)12-13)19(24)21-14(2)17(23)10-15-6-4-3-5-7-15/h3-9,11-12,14,17,23H,10H2,1-2H3,(H,21,24). The van der Waals surface area contributed by atoms with E-state index in [-0.39, 0.29) is 11.9 Å². The molecule has 3 rings (SSSR count). The number of imidazole rings is 1. The average molecular weight is 323 g/mol. The smallest absolute Gasteiger partial charge is 0.270 e. The Morgan fingerprint density at radius 3 is 2.75 bits per heavy atom. The monoisotopic (exact) mass is 323 g/mol. The van der Waals surface area contributed by atoms with E-state index in [9.17, 15) is 9.90 Å². The van der Waals surface area contributed by atoms with Crippen LogP contribution in [0.1, 0.15) is 28.5 Å². The van der Waals surface area contributed by atoms with Gasteiger partial charge in [0.25, 0.3) is 5.91 Å². The number of rotatable bonds is 5. The Hall–Kier alpha value is -2.66. The predicted molar refractivity (Wildman–Crippen MR) is 93.0 cm³/mol. The summed E-state index contributed by atoms with van der Waals surface area (Å²) in [7, 11) is 0. The van der Waals surface area contributed by atoms with Crippen LogP contribution in [0, 0.1) is 6.92 Å². The van der Waals surface area contributed by atoms with Crippen molar-refractivity contribution in [1.82, 2.24) is 14.7 Å². The summed E-state index contributed by atoms with van der Waals surface area (Å²) >= 11 is 0. The quantitative estimate of drug-likeness (QED) is 0.757. The summed E-state index contributed by atoms with van der Waals surface area (Å²) in [6.45, 7) is 3.77. The fraction of sp³-hybridized carbons (Fsp3) is 0.263. The van der Waals surface area contributed by atoms with Gasteiger partial charge in [0.1, 0.15) is 11.3 Å². The number of carbonyl (C=O) groups excluding carboxylic acids is 1. The molecule has 2 unspecified atom stereocenters. The second kappa shape index (κ2) is 6.84. The number of hydrogen-bond donors (Lipinski definition) is 2. The minimum atomic E-state index is -0.655. The molecule has 0 aliphatic carbocycles. The first-order valence-electron chi connectivity index (χ1n) is 8.01. The van der Waals surface area contributed by atoms with Gasteiger partial charge in [-0.05, 0) is 31.0 Å². The largest absolute Gasteiger partial charge is 0.391 e. The van der Waals surface area contributed by atoms with Crippen LogP contribution in [0.3, 0.4) is 0 Å². The van der Waals surface area contributed by atoms with Gasteiger partial charge < -0.3 is 10.4 Å². The molecule has 0 saturated heterocycles. The van der Waals surface area contributed by atoms with E-state index >= 15 is 0 Å². The van der Waals surface area contributed by atoms with E-state index in [0.29, 0.717) is 12.1 Å². The maximum Gasteiger partial charge on any atom is 0.270 e. The summed E-state index contributed by atoms with van der Waals surface area (Å²) in [5.74, 6) is -0.243. The van der Waals surface area contributed by atoms with Crippen molar-refractivity contribution in [3.63, 3.8) is 0 Å². The van der Waals surface area contributed by atoms with Crippen LogP contribution < -0.4 is 5.32 Å². The Balaban J connectivity index is 1.70. The maximum atomic E-state index is 12.5. The Morgan fingerprint density at radius 2 is 2.00 bits per heavy atom. The van der Waals surface area contributed by atoms with Crippen LogP contribution in [0.2, 0.25) is 0 Å². The van der Waals surface area contributed by atoms with Gasteiger partial charge >= 0.3 is 0 Å². The number of fused-ring (bicyclic) bond motifs is 1. The summed E-state index contributed by atoms with van der Waals surface area (Å²) in [4.78, 5) is 16.8. The lowest BCUT2D eigenvalue weighted by molar-refractivity contribution is 0.0846. The Labute approximate surface area is 141 Å². The summed E-state index contributed by atoms with van der Waals surface area (Å²) in [6.07, 6.45) is 3.27. The molecule has 0 aliphatic rings. The molecule has 5 heteroatoms. The molecule has 2 atom stereocenters. The van der Waals surface area contributed by atoms with Crippen molar-refractivity contribution in [3.05, 3.63) is 71.7 Å². The third-order valence-corrected chi connectivity index (χ3v) is 4.11. The summed E-state index contributed by atoms with van der Waals surface area (Å²) < 4.78 is 1.76. The van der Waals surface area contributed by atoms with Crippen molar-refractivity contribution >= 4 is 11.6 Å². The van der Waals surface area contributed by atoms with Crippen molar-refractivity contribution in [2.45, 2.75) is 32.4 Å². The Bertz CT molecular complexity index is 842. The molecule has 3 aromatic rings. The number of aromatic nitrogens is 2. The van der Waals surface area contributed by atoms with Gasteiger partial charge in [-0.1, -0.05) is 36.4 Å². The molecule has 124 valence electrons. The lowest BCUT2D eigenvalue weighted by Gasteiger charge is -2.20. The SMILES string of the molecule is Cc1ccc2ncc(C(=O)NC(C)C(O)Cc3ccccc3)n2c1. The van der Waals surface area contributed by atoms with Crippen LogP contribution >= 0.6 is 0 Å². The molecule has 0 radical (unpaired) electrons. The van der Waals surface area contributed by atoms with Gasteiger partial charge in [0, 0.05) is 12.6 Å². The van der Waals surface area contributed by atoms with Crippen LogP contribution in [0.4, 0.5) is 0 Å². The zero-order valence-electron chi connectivity index (χ0n) is 13.8. The van der Waals surface area contributed by atoms with Gasteiger partial charge in [0.05, 0.1) is 18.3 Å². The van der Waals surface area contributed by atoms with Crippen molar-refractivity contribution < 1.29 is 9.90 Å². The third kappa shape index (κ3) is 3.46. The Morgan fingerprint density at radius 1 is 1.25 bits per heavy atom. The van der Waals surface area contributed by atoms with Crippen LogP contribution in [0.25, 0.3) is 5.65 Å². The van der Waals surface area contributed by atoms with E-state index < -0.39 is 6.10 Å². The number of carbonyl (C=O) groups is 1. The van der Waals surface area contributed by atoms with E-state index in [1.54, 1.807) is 17.5 Å². The highest BCUT2D eigenvalue weighted by molar-refractivity contribution is 5.93. The van der Waals surface area contributed by atoms with E-state index in [0.717, 1.165) is 16.8 Å². The fourth-order valence-electron chi connectivity index (χ4n) is 2.66. The number of aliphatic hydroxyl groups is 1. The van der Waals surface area contributed by atoms with Gasteiger partial charge in [-0.2, -0.15) is 0 Å². The summed E-state index contributed by atoms with van der Waals surface area (Å²) in [6, 6.07) is 13.2. The molecule has 0 aliphatic heterocycles. The van der Waals surface area contributed by atoms with Crippen molar-refractivity contribution in [2.24, 2.45) is 0 Å². The summed E-state index contributed by atoms with van der Waals surface area (Å²) in [5, 5.41) is 13.2. The van der Waals surface area contributed by atoms with Crippen LogP contribution in [-0.4, -0.2) is 32.5 Å². The molecule has 5 nitrogen and oxygen atoms in total. The topological polar surface area (TPSA) is 66.6 Å². The molecule has 0 saturated carbocycles. The molecule has 2 N–H and O–H groups in total. The minimum Gasteiger partial charge on any atom is -0.391 e. The highest BCUT2D eigenvalue weighted by atomic mass is 16.3. The van der Waals surface area contributed by atoms with Gasteiger partial charge in [0.2, 0.25) is 0 Å². The number of amides is 1. The predicted octanol–water partition coefficient (Wildman–Crippen LogP) is 2.36. The number of pyridine rings is 1. The normalized spacial score (nSPS) is 13.6. The van der Waals surface area contributed by atoms with Crippen LogP contribution in [-0.2, 0) is 6.42 Å². The number of nitrogens with one attached hydrogen (secondary N) is 1. The Kier molecular flexibility index (Phi) is 4.62. The first-order valence-corrected chi connectivity index (χ1v) is 8.01. The molecular weight excluding hydrogens is 302 g/mol. The van der Waals surface area contributed by atoms with Crippen molar-refractivity contribution in [2.75, 3.05) is 0 Å². The van der Waals surface area contributed by atoms with E-state index in [1.165, 1.54) is 0 Å². The van der Waals surface area contributed by atoms with Crippen molar-refractivity contribution in [1.29, 1.82) is 0 Å². The first kappa shape index (κ1) is 16.2. The molecule has 0 spiro atoms. The molecular formula is C19H21N3O2. The number of aryl methyl sites for hydroxylation is 1. The van der Waals surface area contributed by atoms with E-state index in [4.69, 9.17) is 0 Å². The molecule has 0 bridgehead atoms. The minimum absolute atomic E-state index is 0.243. The second-order valence-corrected chi connectivity index (χ2v) is 6.10. The number of benzene rings is 1. The second-order valence-electron chi connectivity index (χ2n) is 6.10. The highest BCUT2D eigenvalue weighted by Gasteiger charge is 2.20. The van der Waals surface area contributed by atoms with Crippen molar-refractivity contribution in [3.8, 4) is 0 Å². The number of nitrogens with zero attached hydrogens (tertiary/aromatic N) is 2. The van der Waals surface area contributed by atoms with Gasteiger partial charge in [-0.25, -0.2) is 4.98 Å². The first-order chi connectivity index (χ1) is 11.5. The molecule has 1 aromatic carbocycles. The van der Waals surface area contributed by atoms with E-state index in [2.05, 4.69) is 10.3 Å².